The highest BCUT2D eigenvalue weighted by molar-refractivity contribution is 7.98. The van der Waals surface area contributed by atoms with Gasteiger partial charge < -0.3 is 9.73 Å². The maximum atomic E-state index is 12.0. The third-order valence-electron chi connectivity index (χ3n) is 3.03. The number of rotatable bonds is 7. The second kappa shape index (κ2) is 6.40. The van der Waals surface area contributed by atoms with Gasteiger partial charge >= 0.3 is 0 Å². The van der Waals surface area contributed by atoms with E-state index in [0.29, 0.717) is 24.1 Å². The van der Waals surface area contributed by atoms with Crippen molar-refractivity contribution in [2.75, 3.05) is 6.54 Å². The van der Waals surface area contributed by atoms with Crippen LogP contribution < -0.4 is 5.32 Å². The smallest absolute Gasteiger partial charge is 0.284 e. The van der Waals surface area contributed by atoms with Crippen LogP contribution in [0, 0.1) is 5.92 Å². The van der Waals surface area contributed by atoms with Crippen molar-refractivity contribution in [1.29, 1.82) is 0 Å². The molecule has 1 fully saturated rings. The summed E-state index contributed by atoms with van der Waals surface area (Å²) in [5, 5.41) is 3.33. The van der Waals surface area contributed by atoms with Crippen LogP contribution in [0.4, 0.5) is 8.78 Å². The molecule has 0 amide bonds. The van der Waals surface area contributed by atoms with Gasteiger partial charge in [0.05, 0.1) is 12.3 Å². The zero-order valence-electron chi connectivity index (χ0n) is 9.62. The minimum absolute atomic E-state index is 0.236. The summed E-state index contributed by atoms with van der Waals surface area (Å²) in [5.41, 5.74) is 0. The fraction of sp³-hybridized carbons (Fsp3) is 0.667. The van der Waals surface area contributed by atoms with Crippen LogP contribution in [-0.2, 0) is 12.3 Å². The summed E-state index contributed by atoms with van der Waals surface area (Å²) in [6, 6.07) is 3.63. The first kappa shape index (κ1) is 12.9. The van der Waals surface area contributed by atoms with Gasteiger partial charge in [-0.2, -0.15) is 8.78 Å². The van der Waals surface area contributed by atoms with Crippen LogP contribution in [-0.4, -0.2) is 12.3 Å². The van der Waals surface area contributed by atoms with Crippen molar-refractivity contribution in [2.45, 2.75) is 37.3 Å². The molecule has 1 aromatic heterocycles. The quantitative estimate of drug-likeness (QED) is 0.811. The zero-order valence-corrected chi connectivity index (χ0v) is 10.4. The minimum atomic E-state index is -2.33. The predicted octanol–water partition coefficient (Wildman–Crippen LogP) is 3.63. The summed E-state index contributed by atoms with van der Waals surface area (Å²) in [5.74, 6) is 0.171. The molecule has 96 valence electrons. The van der Waals surface area contributed by atoms with E-state index in [2.05, 4.69) is 5.32 Å². The van der Waals surface area contributed by atoms with E-state index in [0.717, 1.165) is 18.2 Å². The fourth-order valence-electron chi connectivity index (χ4n) is 1.84. The largest absolute Gasteiger partial charge is 0.464 e. The molecule has 5 heteroatoms. The van der Waals surface area contributed by atoms with E-state index in [4.69, 9.17) is 4.42 Å². The Morgan fingerprint density at radius 3 is 2.76 bits per heavy atom. The Balaban J connectivity index is 1.66. The monoisotopic (exact) mass is 261 g/mol. The highest BCUT2D eigenvalue weighted by Crippen LogP contribution is 2.25. The second-order valence-corrected chi connectivity index (χ2v) is 5.35. The number of hydrogen-bond donors (Lipinski definition) is 1. The highest BCUT2D eigenvalue weighted by Gasteiger charge is 2.16. The van der Waals surface area contributed by atoms with E-state index in [1.54, 1.807) is 6.07 Å². The number of alkyl halides is 2. The molecule has 2 nitrogen and oxygen atoms in total. The number of nitrogens with one attached hydrogen (secondary N) is 1. The summed E-state index contributed by atoms with van der Waals surface area (Å²) < 4.78 is 29.4. The van der Waals surface area contributed by atoms with Gasteiger partial charge in [0.25, 0.3) is 5.76 Å². The van der Waals surface area contributed by atoms with E-state index < -0.39 is 5.76 Å². The normalized spacial score (nSPS) is 16.4. The van der Waals surface area contributed by atoms with Crippen LogP contribution in [0.3, 0.4) is 0 Å². The topological polar surface area (TPSA) is 25.2 Å². The Morgan fingerprint density at radius 2 is 2.12 bits per heavy atom. The van der Waals surface area contributed by atoms with Gasteiger partial charge in [0.2, 0.25) is 0 Å². The first-order chi connectivity index (χ1) is 8.24. The first-order valence-corrected chi connectivity index (χ1v) is 6.97. The molecular formula is C12H17F2NOS. The lowest BCUT2D eigenvalue weighted by Gasteiger charge is -2.25. The molecule has 0 radical (unpaired) electrons. The second-order valence-electron chi connectivity index (χ2n) is 4.37. The molecule has 0 unspecified atom stereocenters. The molecule has 0 aromatic carbocycles. The molecular weight excluding hydrogens is 244 g/mol. The van der Waals surface area contributed by atoms with Gasteiger partial charge in [-0.1, -0.05) is 18.2 Å². The molecule has 0 bridgehead atoms. The maximum Gasteiger partial charge on any atom is 0.284 e. The van der Waals surface area contributed by atoms with Gasteiger partial charge in [0.1, 0.15) is 11.5 Å². The molecule has 1 heterocycles. The lowest BCUT2D eigenvalue weighted by molar-refractivity contribution is 0.251. The molecule has 0 atom stereocenters. The molecule has 2 rings (SSSR count). The number of furan rings is 1. The minimum Gasteiger partial charge on any atom is -0.464 e. The van der Waals surface area contributed by atoms with Gasteiger partial charge in [-0.3, -0.25) is 0 Å². The summed E-state index contributed by atoms with van der Waals surface area (Å²) in [6.07, 6.45) is 3.99. The van der Waals surface area contributed by atoms with Crippen LogP contribution in [0.1, 0.15) is 30.8 Å². The van der Waals surface area contributed by atoms with Crippen LogP contribution in [0.25, 0.3) is 0 Å². The van der Waals surface area contributed by atoms with Crippen molar-refractivity contribution in [1.82, 2.24) is 5.32 Å². The zero-order chi connectivity index (χ0) is 12.1. The van der Waals surface area contributed by atoms with Gasteiger partial charge in [0, 0.05) is 0 Å². The average Bonchev–Trinajstić information content (AvgIpc) is 2.67. The summed E-state index contributed by atoms with van der Waals surface area (Å²) in [6.45, 7) is 1.72. The summed E-state index contributed by atoms with van der Waals surface area (Å²) >= 11 is 0.592. The van der Waals surface area contributed by atoms with Gasteiger partial charge in [-0.15, -0.1) is 0 Å². The molecule has 1 aliphatic rings. The van der Waals surface area contributed by atoms with Crippen molar-refractivity contribution >= 4 is 11.8 Å². The molecule has 1 aromatic rings. The van der Waals surface area contributed by atoms with Crippen LogP contribution in [0.15, 0.2) is 16.5 Å². The van der Waals surface area contributed by atoms with Crippen LogP contribution in [0.2, 0.25) is 0 Å². The van der Waals surface area contributed by atoms with E-state index in [-0.39, 0.29) is 5.75 Å². The lowest BCUT2D eigenvalue weighted by Crippen LogP contribution is -2.26. The first-order valence-electron chi connectivity index (χ1n) is 5.92. The van der Waals surface area contributed by atoms with Crippen molar-refractivity contribution in [2.24, 2.45) is 5.92 Å². The highest BCUT2D eigenvalue weighted by atomic mass is 32.2. The van der Waals surface area contributed by atoms with Crippen molar-refractivity contribution in [3.05, 3.63) is 23.7 Å². The van der Waals surface area contributed by atoms with Crippen molar-refractivity contribution in [3.8, 4) is 0 Å². The van der Waals surface area contributed by atoms with E-state index in [1.807, 2.05) is 6.07 Å². The third-order valence-corrected chi connectivity index (χ3v) is 3.73. The number of halogens is 2. The van der Waals surface area contributed by atoms with Gasteiger partial charge in [0.15, 0.2) is 0 Å². The Bertz CT molecular complexity index is 339. The molecule has 17 heavy (non-hydrogen) atoms. The van der Waals surface area contributed by atoms with E-state index >= 15 is 0 Å². The molecule has 0 aliphatic heterocycles. The standard InChI is InChI=1S/C12H17F2NOS/c13-12(14)17-8-11-5-4-10(16-11)7-15-6-9-2-1-3-9/h4-5,9,12,15H,1-3,6-8H2. The molecule has 1 aliphatic carbocycles. The number of hydrogen-bond acceptors (Lipinski definition) is 3. The third kappa shape index (κ3) is 4.32. The van der Waals surface area contributed by atoms with Crippen molar-refractivity contribution < 1.29 is 13.2 Å². The Morgan fingerprint density at radius 1 is 1.35 bits per heavy atom. The molecule has 0 spiro atoms. The lowest BCUT2D eigenvalue weighted by atomic mass is 9.85. The summed E-state index contributed by atoms with van der Waals surface area (Å²) in [7, 11) is 0. The fourth-order valence-corrected chi connectivity index (χ4v) is 2.28. The van der Waals surface area contributed by atoms with Crippen LogP contribution >= 0.6 is 11.8 Å². The van der Waals surface area contributed by atoms with Gasteiger partial charge in [-0.25, -0.2) is 0 Å². The Hall–Kier alpha value is -0.550. The van der Waals surface area contributed by atoms with E-state index in [1.165, 1.54) is 19.3 Å². The van der Waals surface area contributed by atoms with Crippen molar-refractivity contribution in [3.63, 3.8) is 0 Å². The van der Waals surface area contributed by atoms with Crippen LogP contribution in [0.5, 0.6) is 0 Å². The SMILES string of the molecule is FC(F)SCc1ccc(CNCC2CCC2)o1. The van der Waals surface area contributed by atoms with Gasteiger partial charge in [-0.05, 0) is 37.4 Å². The summed E-state index contributed by atoms with van der Waals surface area (Å²) in [4.78, 5) is 0. The number of thioether (sulfide) groups is 1. The molecule has 1 N–H and O–H groups in total. The van der Waals surface area contributed by atoms with E-state index in [9.17, 15) is 8.78 Å². The Kier molecular flexibility index (Phi) is 4.86. The average molecular weight is 261 g/mol. The Labute approximate surface area is 104 Å². The predicted molar refractivity (Wildman–Crippen MR) is 65.1 cm³/mol. The molecule has 1 saturated carbocycles. The maximum absolute atomic E-state index is 12.0. The molecule has 0 saturated heterocycles.